The van der Waals surface area contributed by atoms with Crippen molar-refractivity contribution >= 4 is 23.5 Å². The normalized spacial score (nSPS) is 14.2. The van der Waals surface area contributed by atoms with Crippen LogP contribution in [0.5, 0.6) is 0 Å². The zero-order valence-corrected chi connectivity index (χ0v) is 21.4. The van der Waals surface area contributed by atoms with Gasteiger partial charge in [0.25, 0.3) is 5.91 Å². The molecule has 2 aromatic heterocycles. The van der Waals surface area contributed by atoms with Crippen LogP contribution in [0.4, 0.5) is 5.82 Å². The van der Waals surface area contributed by atoms with Crippen molar-refractivity contribution in [2.75, 3.05) is 44.2 Å². The van der Waals surface area contributed by atoms with Gasteiger partial charge in [0.1, 0.15) is 5.82 Å². The highest BCUT2D eigenvalue weighted by molar-refractivity contribution is 7.98. The Morgan fingerprint density at radius 3 is 2.60 bits per heavy atom. The molecular formula is C27H34N6OS. The topological polar surface area (TPSA) is 74.2 Å². The number of pyridine rings is 1. The van der Waals surface area contributed by atoms with Crippen LogP contribution < -0.4 is 10.2 Å². The second-order valence-electron chi connectivity index (χ2n) is 8.59. The van der Waals surface area contributed by atoms with Gasteiger partial charge in [0, 0.05) is 74.1 Å². The predicted molar refractivity (Wildman–Crippen MR) is 142 cm³/mol. The zero-order chi connectivity index (χ0) is 24.5. The summed E-state index contributed by atoms with van der Waals surface area (Å²) < 4.78 is 0. The van der Waals surface area contributed by atoms with Crippen LogP contribution in [-0.4, -0.2) is 65.0 Å². The van der Waals surface area contributed by atoms with Crippen molar-refractivity contribution in [3.05, 3.63) is 77.2 Å². The van der Waals surface area contributed by atoms with Crippen molar-refractivity contribution in [3.63, 3.8) is 0 Å². The molecule has 35 heavy (non-hydrogen) atoms. The van der Waals surface area contributed by atoms with E-state index in [0.29, 0.717) is 24.3 Å². The molecule has 1 fully saturated rings. The summed E-state index contributed by atoms with van der Waals surface area (Å²) in [5.74, 6) is 1.67. The first-order valence-corrected chi connectivity index (χ1v) is 13.4. The van der Waals surface area contributed by atoms with Gasteiger partial charge in [0.05, 0.1) is 0 Å². The lowest BCUT2D eigenvalue weighted by Gasteiger charge is -2.34. The van der Waals surface area contributed by atoms with Crippen LogP contribution in [0.25, 0.3) is 0 Å². The number of nitrogens with zero attached hydrogens (tertiary/aromatic N) is 5. The fourth-order valence-corrected chi connectivity index (χ4v) is 4.88. The van der Waals surface area contributed by atoms with Crippen LogP contribution in [0.15, 0.2) is 59.9 Å². The van der Waals surface area contributed by atoms with E-state index in [4.69, 9.17) is 9.97 Å². The van der Waals surface area contributed by atoms with Crippen LogP contribution >= 0.6 is 11.8 Å². The number of hydrogen-bond donors (Lipinski definition) is 1. The average Bonchev–Trinajstić information content (AvgIpc) is 2.92. The first kappa shape index (κ1) is 25.1. The molecule has 0 saturated carbocycles. The molecule has 0 aliphatic carbocycles. The van der Waals surface area contributed by atoms with E-state index in [1.807, 2.05) is 42.5 Å². The van der Waals surface area contributed by atoms with Gasteiger partial charge >= 0.3 is 0 Å². The third-order valence-corrected chi connectivity index (χ3v) is 7.12. The van der Waals surface area contributed by atoms with E-state index < -0.39 is 0 Å². The molecule has 3 heterocycles. The molecule has 7 nitrogen and oxygen atoms in total. The molecule has 1 aromatic carbocycles. The van der Waals surface area contributed by atoms with Crippen LogP contribution in [0.1, 0.15) is 41.2 Å². The molecular weight excluding hydrogens is 456 g/mol. The van der Waals surface area contributed by atoms with Gasteiger partial charge in [0.15, 0.2) is 5.16 Å². The molecule has 1 aliphatic heterocycles. The first-order valence-electron chi connectivity index (χ1n) is 12.4. The summed E-state index contributed by atoms with van der Waals surface area (Å²) in [5, 5.41) is 3.79. The molecule has 0 spiro atoms. The molecule has 0 bridgehead atoms. The molecule has 8 heteroatoms. The maximum atomic E-state index is 12.6. The van der Waals surface area contributed by atoms with Crippen molar-refractivity contribution in [2.24, 2.45) is 0 Å². The van der Waals surface area contributed by atoms with Crippen molar-refractivity contribution in [1.29, 1.82) is 0 Å². The lowest BCUT2D eigenvalue weighted by molar-refractivity contribution is 0.0954. The summed E-state index contributed by atoms with van der Waals surface area (Å²) in [6.07, 6.45) is 3.36. The van der Waals surface area contributed by atoms with Crippen molar-refractivity contribution < 1.29 is 4.79 Å². The monoisotopic (exact) mass is 490 g/mol. The van der Waals surface area contributed by atoms with Gasteiger partial charge in [-0.25, -0.2) is 9.97 Å². The third kappa shape index (κ3) is 7.26. The minimum absolute atomic E-state index is 0.0643. The number of hydrogen-bond acceptors (Lipinski definition) is 7. The standard InChI is InChI=1S/C27H34N6OS/c1-3-23-19-25(33-16-14-32(4-2)15-17-33)31-27(30-23)35-20-21-8-7-9-22(18-21)26(34)29-13-11-24-10-5-6-12-28-24/h5-10,12,18-19H,3-4,11,13-17,20H2,1-2H3,(H,29,34). The number of likely N-dealkylation sites (N-methyl/N-ethyl adjacent to an activating group) is 1. The zero-order valence-electron chi connectivity index (χ0n) is 20.6. The fraction of sp³-hybridized carbons (Fsp3) is 0.407. The van der Waals surface area contributed by atoms with Crippen LogP contribution in [0.3, 0.4) is 0 Å². The minimum Gasteiger partial charge on any atom is -0.354 e. The number of carbonyl (C=O) groups excluding carboxylic acids is 1. The highest BCUT2D eigenvalue weighted by atomic mass is 32.2. The van der Waals surface area contributed by atoms with Gasteiger partial charge in [-0.3, -0.25) is 9.78 Å². The van der Waals surface area contributed by atoms with Gasteiger partial charge in [-0.05, 0) is 42.8 Å². The van der Waals surface area contributed by atoms with E-state index in [-0.39, 0.29) is 5.91 Å². The number of rotatable bonds is 10. The number of carbonyl (C=O) groups is 1. The molecule has 1 N–H and O–H groups in total. The quantitative estimate of drug-likeness (QED) is 0.342. The smallest absolute Gasteiger partial charge is 0.251 e. The minimum atomic E-state index is -0.0643. The summed E-state index contributed by atoms with van der Waals surface area (Å²) in [7, 11) is 0. The number of thioether (sulfide) groups is 1. The Bertz CT molecular complexity index is 1100. The highest BCUT2D eigenvalue weighted by Crippen LogP contribution is 2.24. The lowest BCUT2D eigenvalue weighted by atomic mass is 10.1. The van der Waals surface area contributed by atoms with E-state index in [2.05, 4.69) is 40.0 Å². The van der Waals surface area contributed by atoms with Crippen molar-refractivity contribution in [3.8, 4) is 0 Å². The lowest BCUT2D eigenvalue weighted by Crippen LogP contribution is -2.46. The fourth-order valence-electron chi connectivity index (χ4n) is 4.06. The van der Waals surface area contributed by atoms with Gasteiger partial charge in [-0.2, -0.15) is 0 Å². The average molecular weight is 491 g/mol. The number of amides is 1. The number of benzene rings is 1. The first-order chi connectivity index (χ1) is 17.1. The molecule has 0 radical (unpaired) electrons. The molecule has 1 saturated heterocycles. The highest BCUT2D eigenvalue weighted by Gasteiger charge is 2.18. The summed E-state index contributed by atoms with van der Waals surface area (Å²) in [6.45, 7) is 10.1. The van der Waals surface area contributed by atoms with E-state index in [9.17, 15) is 4.79 Å². The van der Waals surface area contributed by atoms with Crippen LogP contribution in [0.2, 0.25) is 0 Å². The van der Waals surface area contributed by atoms with Gasteiger partial charge in [-0.15, -0.1) is 0 Å². The summed E-state index contributed by atoms with van der Waals surface area (Å²) in [5.41, 5.74) is 3.79. The Hall–Kier alpha value is -2.97. The predicted octanol–water partition coefficient (Wildman–Crippen LogP) is 3.84. The Balaban J connectivity index is 1.35. The summed E-state index contributed by atoms with van der Waals surface area (Å²) >= 11 is 1.62. The van der Waals surface area contributed by atoms with E-state index in [0.717, 1.165) is 67.1 Å². The second kappa shape index (κ2) is 12.7. The van der Waals surface area contributed by atoms with E-state index in [1.54, 1.807) is 18.0 Å². The summed E-state index contributed by atoms with van der Waals surface area (Å²) in [4.78, 5) is 31.4. The second-order valence-corrected chi connectivity index (χ2v) is 9.53. The maximum Gasteiger partial charge on any atom is 0.251 e. The van der Waals surface area contributed by atoms with Gasteiger partial charge < -0.3 is 15.1 Å². The molecule has 1 amide bonds. The number of nitrogens with one attached hydrogen (secondary N) is 1. The molecule has 0 unspecified atom stereocenters. The Labute approximate surface area is 212 Å². The SMILES string of the molecule is CCc1cc(N2CCN(CC)CC2)nc(SCc2cccc(C(=O)NCCc3ccccn3)c2)n1. The van der Waals surface area contributed by atoms with Crippen molar-refractivity contribution in [2.45, 2.75) is 37.6 Å². The molecule has 4 rings (SSSR count). The maximum absolute atomic E-state index is 12.6. The largest absolute Gasteiger partial charge is 0.354 e. The number of aryl methyl sites for hydroxylation is 1. The van der Waals surface area contributed by atoms with Gasteiger partial charge in [0.2, 0.25) is 0 Å². The van der Waals surface area contributed by atoms with Gasteiger partial charge in [-0.1, -0.05) is 43.8 Å². The number of piperazine rings is 1. The Morgan fingerprint density at radius 1 is 1.00 bits per heavy atom. The van der Waals surface area contributed by atoms with Crippen LogP contribution in [-0.2, 0) is 18.6 Å². The third-order valence-electron chi connectivity index (χ3n) is 6.20. The van der Waals surface area contributed by atoms with E-state index in [1.165, 1.54) is 0 Å². The Kier molecular flexibility index (Phi) is 9.08. The van der Waals surface area contributed by atoms with E-state index >= 15 is 0 Å². The molecule has 184 valence electrons. The molecule has 1 aliphatic rings. The number of anilines is 1. The van der Waals surface area contributed by atoms with Crippen molar-refractivity contribution in [1.82, 2.24) is 25.2 Å². The molecule has 0 atom stereocenters. The summed E-state index contributed by atoms with van der Waals surface area (Å²) in [6, 6.07) is 15.7. The van der Waals surface area contributed by atoms with Crippen LogP contribution in [0, 0.1) is 0 Å². The number of aromatic nitrogens is 3. The Morgan fingerprint density at radius 2 is 1.86 bits per heavy atom. The molecule has 3 aromatic rings.